The van der Waals surface area contributed by atoms with Crippen molar-refractivity contribution in [3.05, 3.63) is 79.0 Å². The maximum absolute atomic E-state index is 4.34. The average Bonchev–Trinajstić information content (AvgIpc) is 2.58. The zero-order chi connectivity index (χ0) is 14.2. The third kappa shape index (κ3) is 3.78. The van der Waals surface area contributed by atoms with Gasteiger partial charge in [0.2, 0.25) is 0 Å². The van der Waals surface area contributed by atoms with Crippen molar-refractivity contribution < 1.29 is 13.7 Å². The van der Waals surface area contributed by atoms with Crippen LogP contribution in [0.25, 0.3) is 22.4 Å². The van der Waals surface area contributed by atoms with E-state index in [0.717, 1.165) is 22.4 Å². The first-order valence-corrected chi connectivity index (χ1v) is 8.40. The molecule has 0 spiro atoms. The normalized spacial score (nSPS) is 9.55. The molecule has 1 nitrogen and oxygen atoms in total. The second kappa shape index (κ2) is 7.99. The van der Waals surface area contributed by atoms with Crippen molar-refractivity contribution in [2.45, 2.75) is 0 Å². The Morgan fingerprint density at radius 1 is 0.800 bits per heavy atom. The van der Waals surface area contributed by atoms with Crippen LogP contribution in [0.5, 0.6) is 0 Å². The molecule has 0 fully saturated rings. The van der Waals surface area contributed by atoms with Crippen LogP contribution in [0.4, 0.5) is 0 Å². The Bertz CT molecular complexity index is 587. The van der Waals surface area contributed by atoms with E-state index in [0.29, 0.717) is 0 Å². The average molecular weight is 368 g/mol. The Kier molecular flexibility index (Phi) is 5.97. The number of hydrogen-bond acceptors (Lipinski definition) is 1. The van der Waals surface area contributed by atoms with Crippen molar-refractivity contribution in [2.24, 2.45) is 0 Å². The number of benzene rings is 2. The van der Waals surface area contributed by atoms with Crippen molar-refractivity contribution in [3.8, 4) is 22.4 Å². The van der Waals surface area contributed by atoms with E-state index in [9.17, 15) is 0 Å². The maximum Gasteiger partial charge on any atom is 0.0183 e. The molecule has 0 saturated heterocycles. The summed E-state index contributed by atoms with van der Waals surface area (Å²) in [4.78, 5) is 4.34. The van der Waals surface area contributed by atoms with E-state index in [2.05, 4.69) is 45.0 Å². The summed E-state index contributed by atoms with van der Waals surface area (Å²) in [5, 5.41) is 0. The van der Waals surface area contributed by atoms with E-state index in [1.165, 1.54) is 0 Å². The summed E-state index contributed by atoms with van der Waals surface area (Å²) in [6, 6.07) is 26.5. The van der Waals surface area contributed by atoms with Gasteiger partial charge in [0.1, 0.15) is 0 Å². The molecule has 20 heavy (non-hydrogen) atoms. The van der Waals surface area contributed by atoms with Gasteiger partial charge in [0.25, 0.3) is 0 Å². The molecule has 0 aliphatic heterocycles. The maximum atomic E-state index is 4.34. The molecule has 0 aliphatic carbocycles. The van der Waals surface area contributed by atoms with E-state index in [-0.39, 0.29) is 0 Å². The summed E-state index contributed by atoms with van der Waals surface area (Å²) < 4.78 is 0. The predicted octanol–water partition coefficient (Wildman–Crippen LogP) is 4.86. The topological polar surface area (TPSA) is 12.9 Å². The summed E-state index contributed by atoms with van der Waals surface area (Å²) in [6.45, 7) is 0. The third-order valence-corrected chi connectivity index (χ3v) is 2.74. The Morgan fingerprint density at radius 2 is 1.55 bits per heavy atom. The van der Waals surface area contributed by atoms with Gasteiger partial charge in [0, 0.05) is 11.9 Å². The molecular formula is C17H11BrNNi-2. The molecule has 0 amide bonds. The molecule has 0 atom stereocenters. The molecule has 3 aromatic rings. The molecule has 103 valence electrons. The number of nitrogens with zero attached hydrogens (tertiary/aromatic N) is 1. The molecule has 0 radical (unpaired) electrons. The molecule has 1 heterocycles. The van der Waals surface area contributed by atoms with Gasteiger partial charge in [-0.05, 0) is 6.07 Å². The second-order valence-electron chi connectivity index (χ2n) is 3.97. The number of aromatic nitrogens is 1. The third-order valence-electron chi connectivity index (χ3n) is 2.74. The second-order valence-corrected chi connectivity index (χ2v) is 3.97. The quantitative estimate of drug-likeness (QED) is 0.465. The summed E-state index contributed by atoms with van der Waals surface area (Å²) >= 11 is 6.25. The SMILES string of the molecule is [Ni][Br].[c-]1ccccc1-c1[c-]c(-c2ccccn2)ccc1. The number of halogens is 1. The summed E-state index contributed by atoms with van der Waals surface area (Å²) in [5.41, 5.74) is 4.04. The van der Waals surface area contributed by atoms with E-state index in [1.807, 2.05) is 60.7 Å². The largest absolute Gasteiger partial charge is 0.295 e. The molecule has 0 N–H and O–H groups in total. The molecule has 1 aromatic heterocycles. The van der Waals surface area contributed by atoms with Crippen LogP contribution < -0.4 is 0 Å². The van der Waals surface area contributed by atoms with Gasteiger partial charge in [-0.25, -0.2) is 5.56 Å². The van der Waals surface area contributed by atoms with Crippen molar-refractivity contribution >= 4 is 14.2 Å². The van der Waals surface area contributed by atoms with Crippen LogP contribution in [0.1, 0.15) is 0 Å². The van der Waals surface area contributed by atoms with Gasteiger partial charge in [0.05, 0.1) is 0 Å². The zero-order valence-corrected chi connectivity index (χ0v) is 13.1. The molecule has 0 bridgehead atoms. The summed E-state index contributed by atoms with van der Waals surface area (Å²) in [6.07, 6.45) is 1.80. The van der Waals surface area contributed by atoms with Gasteiger partial charge in [0.15, 0.2) is 0 Å². The predicted molar refractivity (Wildman–Crippen MR) is 81.7 cm³/mol. The smallest absolute Gasteiger partial charge is 0.0183 e. The fourth-order valence-electron chi connectivity index (χ4n) is 1.86. The van der Waals surface area contributed by atoms with E-state index in [4.69, 9.17) is 0 Å². The molecule has 3 rings (SSSR count). The minimum absolute atomic E-state index is 0.940. The van der Waals surface area contributed by atoms with Gasteiger partial charge < -0.3 is 0 Å². The summed E-state index contributed by atoms with van der Waals surface area (Å²) in [5.74, 6) is 0. The number of pyridine rings is 1. The van der Waals surface area contributed by atoms with Gasteiger partial charge in [-0.3, -0.25) is 4.98 Å². The van der Waals surface area contributed by atoms with Crippen LogP contribution in [-0.2, 0) is 13.7 Å². The molecule has 0 saturated carbocycles. The van der Waals surface area contributed by atoms with Gasteiger partial charge in [-0.2, -0.15) is 42.0 Å². The Hall–Kier alpha value is -1.44. The van der Waals surface area contributed by atoms with Crippen molar-refractivity contribution in [1.82, 2.24) is 4.98 Å². The van der Waals surface area contributed by atoms with Crippen LogP contribution in [-0.4, -0.2) is 4.98 Å². The Balaban J connectivity index is 0.000000704. The van der Waals surface area contributed by atoms with Crippen LogP contribution in [0.15, 0.2) is 66.9 Å². The fraction of sp³-hybridized carbons (Fsp3) is 0. The van der Waals surface area contributed by atoms with Crippen molar-refractivity contribution in [2.75, 3.05) is 0 Å². The molecular weight excluding hydrogens is 357 g/mol. The van der Waals surface area contributed by atoms with E-state index in [1.54, 1.807) is 6.20 Å². The fourth-order valence-corrected chi connectivity index (χ4v) is 1.86. The Labute approximate surface area is 134 Å². The first-order chi connectivity index (χ1) is 9.93. The van der Waals surface area contributed by atoms with Crippen molar-refractivity contribution in [1.29, 1.82) is 0 Å². The van der Waals surface area contributed by atoms with Gasteiger partial charge in [-0.15, -0.1) is 23.8 Å². The number of hydrogen-bond donors (Lipinski definition) is 0. The zero-order valence-electron chi connectivity index (χ0n) is 10.5. The summed E-state index contributed by atoms with van der Waals surface area (Å²) in [7, 11) is 0. The minimum Gasteiger partial charge on any atom is -0.295 e. The standard InChI is InChI=1S/C17H11N.BrH.Ni/c1-2-7-14(8-3-1)15-9-6-10-16(13-15)17-11-4-5-12-18-17;;/h1-7,9-12H;1H;/q-2;;+1/p-1. The first-order valence-electron chi connectivity index (χ1n) is 5.96. The molecule has 0 aliphatic rings. The number of rotatable bonds is 2. The molecule has 3 heteroatoms. The van der Waals surface area contributed by atoms with Crippen LogP contribution in [0.3, 0.4) is 0 Å². The van der Waals surface area contributed by atoms with E-state index < -0.39 is 0 Å². The molecule has 2 aromatic carbocycles. The van der Waals surface area contributed by atoms with Crippen molar-refractivity contribution in [3.63, 3.8) is 0 Å². The van der Waals surface area contributed by atoms with Crippen LogP contribution in [0, 0.1) is 12.1 Å². The first kappa shape index (κ1) is 15.0. The van der Waals surface area contributed by atoms with Gasteiger partial charge >= 0.3 is 27.9 Å². The van der Waals surface area contributed by atoms with E-state index >= 15 is 0 Å². The van der Waals surface area contributed by atoms with Crippen LogP contribution in [0.2, 0.25) is 0 Å². The minimum atomic E-state index is 0.940. The molecule has 0 unspecified atom stereocenters. The van der Waals surface area contributed by atoms with Gasteiger partial charge in [-0.1, -0.05) is 12.1 Å². The van der Waals surface area contributed by atoms with Crippen LogP contribution >= 0.6 is 14.2 Å². The Morgan fingerprint density at radius 3 is 2.25 bits per heavy atom. The monoisotopic (exact) mass is 366 g/mol.